The summed E-state index contributed by atoms with van der Waals surface area (Å²) in [7, 11) is 4.02. The van der Waals surface area contributed by atoms with Crippen molar-refractivity contribution < 1.29 is 9.28 Å². The molecule has 0 rings (SSSR count). The molecule has 0 unspecified atom stereocenters. The monoisotopic (exact) mass is 172 g/mol. The van der Waals surface area contributed by atoms with E-state index in [4.69, 9.17) is 5.73 Å². The lowest BCUT2D eigenvalue weighted by Gasteiger charge is -2.28. The number of amides is 1. The highest BCUT2D eigenvalue weighted by atomic mass is 16.1. The highest BCUT2D eigenvalue weighted by molar-refractivity contribution is 5.86. The standard InChI is InChI=1S/C8H17N3O/c1-4-8(12)10-7-11(2,3)6-5-9/h4H,1,5-7,9H2,2-3H3/p+1. The number of nitrogens with two attached hydrogens (primary N) is 1. The number of hydrogen-bond acceptors (Lipinski definition) is 2. The molecule has 0 spiro atoms. The van der Waals surface area contributed by atoms with E-state index < -0.39 is 0 Å². The van der Waals surface area contributed by atoms with Crippen molar-refractivity contribution in [1.82, 2.24) is 5.32 Å². The number of rotatable bonds is 5. The van der Waals surface area contributed by atoms with Crippen molar-refractivity contribution in [3.63, 3.8) is 0 Å². The summed E-state index contributed by atoms with van der Waals surface area (Å²) >= 11 is 0. The Morgan fingerprint density at radius 1 is 1.67 bits per heavy atom. The summed E-state index contributed by atoms with van der Waals surface area (Å²) in [6.07, 6.45) is 1.27. The Kier molecular flexibility index (Phi) is 4.54. The molecule has 1 amide bonds. The number of carbonyl (C=O) groups is 1. The van der Waals surface area contributed by atoms with Gasteiger partial charge in [-0.2, -0.15) is 0 Å². The first kappa shape index (κ1) is 11.1. The molecule has 0 atom stereocenters. The zero-order chi connectivity index (χ0) is 9.61. The Hall–Kier alpha value is -0.870. The van der Waals surface area contributed by atoms with Crippen LogP contribution < -0.4 is 11.1 Å². The van der Waals surface area contributed by atoms with Crippen molar-refractivity contribution in [1.29, 1.82) is 0 Å². The maximum absolute atomic E-state index is 10.8. The minimum Gasteiger partial charge on any atom is -0.326 e. The molecule has 4 heteroatoms. The third-order valence-electron chi connectivity index (χ3n) is 1.60. The van der Waals surface area contributed by atoms with Crippen LogP contribution in [-0.4, -0.2) is 44.2 Å². The van der Waals surface area contributed by atoms with E-state index in [-0.39, 0.29) is 5.91 Å². The van der Waals surface area contributed by atoms with Gasteiger partial charge >= 0.3 is 0 Å². The third-order valence-corrected chi connectivity index (χ3v) is 1.60. The maximum Gasteiger partial charge on any atom is 0.247 e. The van der Waals surface area contributed by atoms with Gasteiger partial charge in [-0.25, -0.2) is 0 Å². The van der Waals surface area contributed by atoms with Crippen LogP contribution in [0.1, 0.15) is 0 Å². The largest absolute Gasteiger partial charge is 0.326 e. The zero-order valence-corrected chi connectivity index (χ0v) is 7.84. The van der Waals surface area contributed by atoms with Crippen LogP contribution in [0, 0.1) is 0 Å². The summed E-state index contributed by atoms with van der Waals surface area (Å²) in [5.41, 5.74) is 5.41. The fourth-order valence-electron chi connectivity index (χ4n) is 0.793. The average Bonchev–Trinajstić information content (AvgIpc) is 2.00. The molecule has 3 N–H and O–H groups in total. The zero-order valence-electron chi connectivity index (χ0n) is 7.84. The van der Waals surface area contributed by atoms with Gasteiger partial charge in [0.15, 0.2) is 6.67 Å². The van der Waals surface area contributed by atoms with Gasteiger partial charge in [0.2, 0.25) is 5.91 Å². The second kappa shape index (κ2) is 4.90. The van der Waals surface area contributed by atoms with Crippen molar-refractivity contribution in [3.05, 3.63) is 12.7 Å². The van der Waals surface area contributed by atoms with E-state index in [0.717, 1.165) is 6.54 Å². The lowest BCUT2D eigenvalue weighted by molar-refractivity contribution is -0.890. The number of nitrogens with zero attached hydrogens (tertiary/aromatic N) is 1. The molecule has 0 bridgehead atoms. The van der Waals surface area contributed by atoms with Gasteiger partial charge in [0.1, 0.15) is 0 Å². The summed E-state index contributed by atoms with van der Waals surface area (Å²) in [6.45, 7) is 5.42. The first-order valence-electron chi connectivity index (χ1n) is 3.94. The molecule has 0 heterocycles. The SMILES string of the molecule is C=CC(=O)NC[N+](C)(C)CCN. The summed E-state index contributed by atoms with van der Waals surface area (Å²) in [6, 6.07) is 0. The summed E-state index contributed by atoms with van der Waals surface area (Å²) in [4.78, 5) is 10.8. The predicted molar refractivity (Wildman–Crippen MR) is 49.2 cm³/mol. The highest BCUT2D eigenvalue weighted by Crippen LogP contribution is 1.91. The topological polar surface area (TPSA) is 55.1 Å². The normalized spacial score (nSPS) is 10.9. The summed E-state index contributed by atoms with van der Waals surface area (Å²) in [5, 5.41) is 2.72. The molecule has 0 aromatic rings. The molecule has 4 nitrogen and oxygen atoms in total. The van der Waals surface area contributed by atoms with E-state index in [9.17, 15) is 4.79 Å². The minimum atomic E-state index is -0.141. The van der Waals surface area contributed by atoms with Gasteiger partial charge in [-0.15, -0.1) is 0 Å². The van der Waals surface area contributed by atoms with Gasteiger partial charge in [0.25, 0.3) is 0 Å². The molecule has 0 saturated carbocycles. The molecule has 0 aromatic heterocycles. The van der Waals surface area contributed by atoms with Gasteiger partial charge in [0, 0.05) is 6.54 Å². The second-order valence-corrected chi connectivity index (χ2v) is 3.35. The number of carbonyl (C=O) groups excluding carboxylic acids is 1. The fraction of sp³-hybridized carbons (Fsp3) is 0.625. The Balaban J connectivity index is 3.74. The quantitative estimate of drug-likeness (QED) is 0.327. The van der Waals surface area contributed by atoms with Crippen LogP contribution in [0.3, 0.4) is 0 Å². The first-order chi connectivity index (χ1) is 5.52. The van der Waals surface area contributed by atoms with Gasteiger partial charge < -0.3 is 15.5 Å². The first-order valence-corrected chi connectivity index (χ1v) is 3.94. The average molecular weight is 172 g/mol. The van der Waals surface area contributed by atoms with Crippen LogP contribution in [-0.2, 0) is 4.79 Å². The van der Waals surface area contributed by atoms with Crippen molar-refractivity contribution >= 4 is 5.91 Å². The molecule has 0 aliphatic carbocycles. The molecule has 0 aliphatic rings. The summed E-state index contributed by atoms with van der Waals surface area (Å²) in [5.74, 6) is -0.141. The van der Waals surface area contributed by atoms with Crippen molar-refractivity contribution in [2.75, 3.05) is 33.9 Å². The van der Waals surface area contributed by atoms with Crippen LogP contribution >= 0.6 is 0 Å². The lowest BCUT2D eigenvalue weighted by Crippen LogP contribution is -2.50. The van der Waals surface area contributed by atoms with Crippen LogP contribution in [0.25, 0.3) is 0 Å². The predicted octanol–water partition coefficient (Wildman–Crippen LogP) is -0.719. The van der Waals surface area contributed by atoms with E-state index in [0.29, 0.717) is 17.7 Å². The molecule has 70 valence electrons. The molecule has 0 fully saturated rings. The van der Waals surface area contributed by atoms with E-state index >= 15 is 0 Å². The van der Waals surface area contributed by atoms with E-state index in [1.54, 1.807) is 0 Å². The van der Waals surface area contributed by atoms with Crippen molar-refractivity contribution in [3.8, 4) is 0 Å². The maximum atomic E-state index is 10.8. The fourth-order valence-corrected chi connectivity index (χ4v) is 0.793. The van der Waals surface area contributed by atoms with Gasteiger partial charge in [0.05, 0.1) is 20.6 Å². The Labute approximate surface area is 73.6 Å². The number of quaternary nitrogens is 1. The van der Waals surface area contributed by atoms with Crippen molar-refractivity contribution in [2.24, 2.45) is 5.73 Å². The summed E-state index contributed by atoms with van der Waals surface area (Å²) < 4.78 is 0.691. The smallest absolute Gasteiger partial charge is 0.247 e. The number of likely N-dealkylation sites (N-methyl/N-ethyl adjacent to an activating group) is 1. The Morgan fingerprint density at radius 3 is 2.67 bits per heavy atom. The van der Waals surface area contributed by atoms with E-state index in [1.807, 2.05) is 14.1 Å². The molecular formula is C8H18N3O+. The molecule has 12 heavy (non-hydrogen) atoms. The van der Waals surface area contributed by atoms with Gasteiger partial charge in [-0.3, -0.25) is 4.79 Å². The van der Waals surface area contributed by atoms with E-state index in [2.05, 4.69) is 11.9 Å². The van der Waals surface area contributed by atoms with Crippen molar-refractivity contribution in [2.45, 2.75) is 0 Å². The lowest BCUT2D eigenvalue weighted by atomic mass is 10.5. The third kappa shape index (κ3) is 4.87. The van der Waals surface area contributed by atoms with Gasteiger partial charge in [-0.05, 0) is 6.08 Å². The molecule has 0 radical (unpaired) electrons. The molecule has 0 aromatic carbocycles. The molecule has 0 saturated heterocycles. The highest BCUT2D eigenvalue weighted by Gasteiger charge is 2.13. The second-order valence-electron chi connectivity index (χ2n) is 3.35. The van der Waals surface area contributed by atoms with E-state index in [1.165, 1.54) is 6.08 Å². The number of nitrogens with one attached hydrogen (secondary N) is 1. The number of hydrogen-bond donors (Lipinski definition) is 2. The van der Waals surface area contributed by atoms with Crippen LogP contribution in [0.2, 0.25) is 0 Å². The van der Waals surface area contributed by atoms with Gasteiger partial charge in [-0.1, -0.05) is 6.58 Å². The Bertz CT molecular complexity index is 166. The van der Waals surface area contributed by atoms with Crippen LogP contribution in [0.15, 0.2) is 12.7 Å². The Morgan fingerprint density at radius 2 is 2.25 bits per heavy atom. The van der Waals surface area contributed by atoms with Crippen LogP contribution in [0.4, 0.5) is 0 Å². The minimum absolute atomic E-state index is 0.141. The molecular weight excluding hydrogens is 154 g/mol. The van der Waals surface area contributed by atoms with Crippen LogP contribution in [0.5, 0.6) is 0 Å². The molecule has 0 aliphatic heterocycles.